The number of hydrogen-bond donors (Lipinski definition) is 3. The molecule has 3 atom stereocenters. The van der Waals surface area contributed by atoms with Gasteiger partial charge in [0.1, 0.15) is 11.8 Å². The highest BCUT2D eigenvalue weighted by molar-refractivity contribution is 5.97. The lowest BCUT2D eigenvalue weighted by molar-refractivity contribution is -0.126. The van der Waals surface area contributed by atoms with E-state index in [1.807, 2.05) is 13.8 Å². The van der Waals surface area contributed by atoms with Crippen molar-refractivity contribution in [2.24, 2.45) is 23.5 Å². The normalized spacial score (nSPS) is 26.8. The van der Waals surface area contributed by atoms with E-state index in [9.17, 15) is 9.59 Å². The Balaban J connectivity index is 0.00000300. The van der Waals surface area contributed by atoms with Crippen molar-refractivity contribution in [2.45, 2.75) is 64.1 Å². The highest BCUT2D eigenvalue weighted by Crippen LogP contribution is 2.39. The number of nitrogens with two attached hydrogens (primary N) is 1. The maximum Gasteiger partial charge on any atom is 0.251 e. The molecule has 0 aliphatic heterocycles. The van der Waals surface area contributed by atoms with Crippen molar-refractivity contribution in [1.82, 2.24) is 10.6 Å². The minimum atomic E-state index is -0.564. The SMILES string of the molecule is COc1ccc(C(=O)NC(C(=O)NC2C3CCCC2CC(N)C3)C(C)C)cc1.Cl. The van der Waals surface area contributed by atoms with Gasteiger partial charge in [-0.15, -0.1) is 12.4 Å². The Morgan fingerprint density at radius 2 is 1.69 bits per heavy atom. The van der Waals surface area contributed by atoms with Crippen molar-refractivity contribution in [3.8, 4) is 5.75 Å². The van der Waals surface area contributed by atoms with Gasteiger partial charge < -0.3 is 21.1 Å². The third-order valence-corrected chi connectivity index (χ3v) is 6.27. The molecule has 1 aromatic rings. The molecule has 0 heterocycles. The van der Waals surface area contributed by atoms with Crippen LogP contribution in [0.4, 0.5) is 0 Å². The van der Waals surface area contributed by atoms with Crippen molar-refractivity contribution in [2.75, 3.05) is 7.11 Å². The molecule has 3 rings (SSSR count). The lowest BCUT2D eigenvalue weighted by Crippen LogP contribution is -2.58. The Bertz CT molecular complexity index is 681. The third-order valence-electron chi connectivity index (χ3n) is 6.27. The number of nitrogens with one attached hydrogen (secondary N) is 2. The summed E-state index contributed by atoms with van der Waals surface area (Å²) in [5.74, 6) is 1.26. The van der Waals surface area contributed by atoms with E-state index in [1.54, 1.807) is 31.4 Å². The smallest absolute Gasteiger partial charge is 0.251 e. The second kappa shape index (κ2) is 10.3. The summed E-state index contributed by atoms with van der Waals surface area (Å²) in [5.41, 5.74) is 6.71. The maximum atomic E-state index is 13.1. The maximum absolute atomic E-state index is 13.1. The molecule has 4 N–H and O–H groups in total. The molecule has 2 amide bonds. The van der Waals surface area contributed by atoms with E-state index in [4.69, 9.17) is 10.5 Å². The molecular weight excluding hydrogens is 390 g/mol. The molecule has 29 heavy (non-hydrogen) atoms. The first-order chi connectivity index (χ1) is 13.4. The largest absolute Gasteiger partial charge is 0.497 e. The van der Waals surface area contributed by atoms with E-state index < -0.39 is 6.04 Å². The second-order valence-corrected chi connectivity index (χ2v) is 8.64. The van der Waals surface area contributed by atoms with Crippen LogP contribution < -0.4 is 21.1 Å². The molecule has 7 heteroatoms. The van der Waals surface area contributed by atoms with Crippen molar-refractivity contribution in [3.63, 3.8) is 0 Å². The molecule has 1 aromatic carbocycles. The number of hydrogen-bond acceptors (Lipinski definition) is 4. The van der Waals surface area contributed by atoms with Crippen LogP contribution in [-0.2, 0) is 4.79 Å². The van der Waals surface area contributed by atoms with Gasteiger partial charge in [-0.3, -0.25) is 9.59 Å². The van der Waals surface area contributed by atoms with Crippen LogP contribution in [-0.4, -0.2) is 37.0 Å². The Morgan fingerprint density at radius 3 is 2.21 bits per heavy atom. The van der Waals surface area contributed by atoms with E-state index in [-0.39, 0.29) is 42.2 Å². The van der Waals surface area contributed by atoms with Crippen LogP contribution in [0.15, 0.2) is 24.3 Å². The van der Waals surface area contributed by atoms with Crippen LogP contribution in [0.3, 0.4) is 0 Å². The zero-order valence-corrected chi connectivity index (χ0v) is 18.3. The van der Waals surface area contributed by atoms with Crippen molar-refractivity contribution in [1.29, 1.82) is 0 Å². The Hall–Kier alpha value is -1.79. The number of halogens is 1. The molecule has 2 bridgehead atoms. The van der Waals surface area contributed by atoms with Crippen molar-refractivity contribution >= 4 is 24.2 Å². The first-order valence-corrected chi connectivity index (χ1v) is 10.4. The van der Waals surface area contributed by atoms with E-state index in [0.29, 0.717) is 23.1 Å². The number of methoxy groups -OCH3 is 1. The molecule has 0 aromatic heterocycles. The van der Waals surface area contributed by atoms with E-state index >= 15 is 0 Å². The first-order valence-electron chi connectivity index (χ1n) is 10.4. The number of rotatable bonds is 6. The first kappa shape index (κ1) is 23.5. The summed E-state index contributed by atoms with van der Waals surface area (Å²) in [6.07, 6.45) is 5.42. The zero-order chi connectivity index (χ0) is 20.3. The van der Waals surface area contributed by atoms with Gasteiger partial charge in [0.05, 0.1) is 7.11 Å². The fourth-order valence-corrected chi connectivity index (χ4v) is 4.78. The number of amides is 2. The third kappa shape index (κ3) is 5.64. The summed E-state index contributed by atoms with van der Waals surface area (Å²) >= 11 is 0. The van der Waals surface area contributed by atoms with Crippen molar-refractivity contribution in [3.05, 3.63) is 29.8 Å². The Kier molecular flexibility index (Phi) is 8.34. The van der Waals surface area contributed by atoms with Gasteiger partial charge >= 0.3 is 0 Å². The molecule has 2 aliphatic carbocycles. The fraction of sp³-hybridized carbons (Fsp3) is 0.636. The monoisotopic (exact) mass is 423 g/mol. The fourth-order valence-electron chi connectivity index (χ4n) is 4.78. The van der Waals surface area contributed by atoms with Gasteiger partial charge in [0.25, 0.3) is 5.91 Å². The van der Waals surface area contributed by atoms with Crippen LogP contribution in [0.25, 0.3) is 0 Å². The van der Waals surface area contributed by atoms with Gasteiger partial charge in [-0.1, -0.05) is 20.3 Å². The van der Waals surface area contributed by atoms with Crippen LogP contribution in [0.5, 0.6) is 5.75 Å². The number of fused-ring (bicyclic) bond motifs is 2. The topological polar surface area (TPSA) is 93.4 Å². The zero-order valence-electron chi connectivity index (χ0n) is 17.5. The number of carbonyl (C=O) groups is 2. The van der Waals surface area contributed by atoms with Crippen LogP contribution in [0, 0.1) is 17.8 Å². The lowest BCUT2D eigenvalue weighted by Gasteiger charge is -2.45. The average Bonchev–Trinajstić information content (AvgIpc) is 2.66. The molecular formula is C22H34ClN3O3. The predicted octanol–water partition coefficient (Wildman–Crippen LogP) is 2.89. The molecule has 0 spiro atoms. The van der Waals surface area contributed by atoms with Gasteiger partial charge in [-0.2, -0.15) is 0 Å². The molecule has 2 aliphatic rings. The summed E-state index contributed by atoms with van der Waals surface area (Å²) in [6, 6.07) is 6.76. The molecule has 162 valence electrons. The molecule has 2 saturated carbocycles. The molecule has 3 unspecified atom stereocenters. The lowest BCUT2D eigenvalue weighted by atomic mass is 9.67. The number of carbonyl (C=O) groups excluding carboxylic acids is 2. The standard InChI is InChI=1S/C22H33N3O3.ClH/c1-13(2)19(24-21(26)14-7-9-18(28-3)10-8-14)22(27)25-20-15-5-4-6-16(20)12-17(23)11-15;/h7-10,13,15-17,19-20H,4-6,11-12,23H2,1-3H3,(H,24,26)(H,25,27);1H. The number of benzene rings is 1. The quantitative estimate of drug-likeness (QED) is 0.655. The Morgan fingerprint density at radius 1 is 1.10 bits per heavy atom. The van der Waals surface area contributed by atoms with E-state index in [0.717, 1.165) is 25.7 Å². The van der Waals surface area contributed by atoms with Gasteiger partial charge in [0.15, 0.2) is 0 Å². The minimum absolute atomic E-state index is 0. The molecule has 2 fully saturated rings. The van der Waals surface area contributed by atoms with E-state index in [2.05, 4.69) is 10.6 Å². The summed E-state index contributed by atoms with van der Waals surface area (Å²) < 4.78 is 5.13. The highest BCUT2D eigenvalue weighted by atomic mass is 35.5. The van der Waals surface area contributed by atoms with Gasteiger partial charge in [-0.05, 0) is 67.7 Å². The van der Waals surface area contributed by atoms with Crippen LogP contribution in [0.1, 0.15) is 56.3 Å². The Labute approximate surface area is 179 Å². The van der Waals surface area contributed by atoms with Crippen LogP contribution >= 0.6 is 12.4 Å². The van der Waals surface area contributed by atoms with Crippen LogP contribution in [0.2, 0.25) is 0 Å². The highest BCUT2D eigenvalue weighted by Gasteiger charge is 2.41. The predicted molar refractivity (Wildman–Crippen MR) is 116 cm³/mol. The summed E-state index contributed by atoms with van der Waals surface area (Å²) in [6.45, 7) is 3.91. The summed E-state index contributed by atoms with van der Waals surface area (Å²) in [7, 11) is 1.59. The molecule has 6 nitrogen and oxygen atoms in total. The van der Waals surface area contributed by atoms with Gasteiger partial charge in [0, 0.05) is 17.6 Å². The molecule has 0 saturated heterocycles. The second-order valence-electron chi connectivity index (χ2n) is 8.64. The number of ether oxygens (including phenoxy) is 1. The van der Waals surface area contributed by atoms with E-state index in [1.165, 1.54) is 6.42 Å². The summed E-state index contributed by atoms with van der Waals surface area (Å²) in [5, 5.41) is 6.19. The van der Waals surface area contributed by atoms with Gasteiger partial charge in [-0.25, -0.2) is 0 Å². The molecule has 0 radical (unpaired) electrons. The average molecular weight is 424 g/mol. The summed E-state index contributed by atoms with van der Waals surface area (Å²) in [4.78, 5) is 25.7. The van der Waals surface area contributed by atoms with Crippen molar-refractivity contribution < 1.29 is 14.3 Å². The van der Waals surface area contributed by atoms with Gasteiger partial charge in [0.2, 0.25) is 5.91 Å². The minimum Gasteiger partial charge on any atom is -0.497 e.